The number of likely N-dealkylation sites (tertiary alicyclic amines) is 1. The number of rotatable bonds is 5. The highest BCUT2D eigenvalue weighted by atomic mass is 35.5. The van der Waals surface area contributed by atoms with Gasteiger partial charge in [-0.2, -0.15) is 5.10 Å². The quantitative estimate of drug-likeness (QED) is 0.909. The van der Waals surface area contributed by atoms with Gasteiger partial charge in [0.1, 0.15) is 0 Å². The summed E-state index contributed by atoms with van der Waals surface area (Å²) in [5.41, 5.74) is 8.49. The molecule has 1 aliphatic heterocycles. The van der Waals surface area contributed by atoms with Crippen LogP contribution in [-0.2, 0) is 13.0 Å². The van der Waals surface area contributed by atoms with E-state index in [1.54, 1.807) is 0 Å². The summed E-state index contributed by atoms with van der Waals surface area (Å²) < 4.78 is 1.98. The Labute approximate surface area is 127 Å². The second kappa shape index (κ2) is 6.04. The molecule has 0 amide bonds. The van der Waals surface area contributed by atoms with Crippen LogP contribution in [0.2, 0.25) is 5.02 Å². The van der Waals surface area contributed by atoms with Crippen molar-refractivity contribution in [3.8, 4) is 0 Å². The number of halogens is 1. The summed E-state index contributed by atoms with van der Waals surface area (Å²) in [4.78, 5) is 2.51. The van der Waals surface area contributed by atoms with Crippen molar-refractivity contribution in [3.63, 3.8) is 0 Å². The lowest BCUT2D eigenvalue weighted by Gasteiger charge is -2.40. The molecule has 1 aliphatic rings. The van der Waals surface area contributed by atoms with E-state index in [-0.39, 0.29) is 11.6 Å². The Hall–Kier alpha value is -0.580. The Balaban J connectivity index is 2.16. The molecular weight excluding hydrogens is 272 g/mol. The zero-order valence-corrected chi connectivity index (χ0v) is 13.9. The smallest absolute Gasteiger partial charge is 0.0847 e. The summed E-state index contributed by atoms with van der Waals surface area (Å²) in [5, 5.41) is 5.25. The lowest BCUT2D eigenvalue weighted by molar-refractivity contribution is 0.122. The van der Waals surface area contributed by atoms with Crippen molar-refractivity contribution >= 4 is 11.6 Å². The first-order valence-corrected chi connectivity index (χ1v) is 7.98. The number of hydrogen-bond acceptors (Lipinski definition) is 3. The maximum absolute atomic E-state index is 6.52. The van der Waals surface area contributed by atoms with E-state index < -0.39 is 0 Å². The van der Waals surface area contributed by atoms with E-state index in [4.69, 9.17) is 17.3 Å². The summed E-state index contributed by atoms with van der Waals surface area (Å²) >= 11 is 6.39. The third-order valence-corrected chi connectivity index (χ3v) is 5.19. The molecule has 0 aliphatic carbocycles. The summed E-state index contributed by atoms with van der Waals surface area (Å²) in [5.74, 6) is 0. The van der Waals surface area contributed by atoms with Gasteiger partial charge in [0.05, 0.1) is 16.4 Å². The first-order valence-electron chi connectivity index (χ1n) is 7.60. The highest BCUT2D eigenvalue weighted by Crippen LogP contribution is 2.28. The molecule has 2 N–H and O–H groups in total. The molecule has 0 bridgehead atoms. The molecule has 114 valence electrons. The molecule has 1 unspecified atom stereocenters. The Bertz CT molecular complexity index is 461. The average molecular weight is 299 g/mol. The molecule has 1 atom stereocenters. The monoisotopic (exact) mass is 298 g/mol. The number of nitrogens with zero attached hydrogens (tertiary/aromatic N) is 3. The van der Waals surface area contributed by atoms with Gasteiger partial charge < -0.3 is 5.73 Å². The number of hydrogen-bond donors (Lipinski definition) is 1. The fourth-order valence-electron chi connectivity index (χ4n) is 3.05. The van der Waals surface area contributed by atoms with Crippen molar-refractivity contribution in [2.75, 3.05) is 13.1 Å². The van der Waals surface area contributed by atoms with Crippen LogP contribution in [0.4, 0.5) is 0 Å². The zero-order chi connectivity index (χ0) is 14.9. The lowest BCUT2D eigenvalue weighted by atomic mass is 9.89. The molecule has 0 saturated carbocycles. The van der Waals surface area contributed by atoms with Crippen LogP contribution in [0.5, 0.6) is 0 Å². The van der Waals surface area contributed by atoms with Crippen molar-refractivity contribution in [2.45, 2.75) is 65.1 Å². The van der Waals surface area contributed by atoms with E-state index in [1.165, 1.54) is 12.8 Å². The van der Waals surface area contributed by atoms with Gasteiger partial charge in [-0.1, -0.05) is 11.6 Å². The Morgan fingerprint density at radius 3 is 2.50 bits per heavy atom. The van der Waals surface area contributed by atoms with Crippen molar-refractivity contribution in [3.05, 3.63) is 16.4 Å². The second-order valence-corrected chi connectivity index (χ2v) is 6.70. The molecule has 0 aromatic carbocycles. The number of aryl methyl sites for hydroxylation is 2. The van der Waals surface area contributed by atoms with E-state index in [1.807, 2.05) is 11.6 Å². The Kier molecular flexibility index (Phi) is 4.77. The molecule has 1 aromatic rings. The second-order valence-electron chi connectivity index (χ2n) is 6.32. The van der Waals surface area contributed by atoms with Crippen LogP contribution < -0.4 is 5.73 Å². The fourth-order valence-corrected chi connectivity index (χ4v) is 3.26. The minimum Gasteiger partial charge on any atom is -0.326 e. The largest absolute Gasteiger partial charge is 0.326 e. The SMILES string of the molecule is CCn1nc(C)c(Cl)c1CC(N)C(C)(C)N1CCCC1. The Morgan fingerprint density at radius 1 is 1.35 bits per heavy atom. The van der Waals surface area contributed by atoms with Gasteiger partial charge >= 0.3 is 0 Å². The summed E-state index contributed by atoms with van der Waals surface area (Å²) in [7, 11) is 0. The number of aromatic nitrogens is 2. The summed E-state index contributed by atoms with van der Waals surface area (Å²) in [6.45, 7) is 11.7. The van der Waals surface area contributed by atoms with Crippen molar-refractivity contribution < 1.29 is 0 Å². The average Bonchev–Trinajstić information content (AvgIpc) is 3.02. The highest BCUT2D eigenvalue weighted by Gasteiger charge is 2.35. The van der Waals surface area contributed by atoms with Crippen LogP contribution in [0.25, 0.3) is 0 Å². The van der Waals surface area contributed by atoms with Gasteiger partial charge in [-0.3, -0.25) is 9.58 Å². The van der Waals surface area contributed by atoms with Crippen molar-refractivity contribution in [1.82, 2.24) is 14.7 Å². The van der Waals surface area contributed by atoms with Crippen LogP contribution in [0, 0.1) is 6.92 Å². The number of nitrogens with two attached hydrogens (primary N) is 1. The minimum absolute atomic E-state index is 0.00340. The normalized spacial score (nSPS) is 18.7. The predicted octanol–water partition coefficient (Wildman–Crippen LogP) is 2.61. The third-order valence-electron chi connectivity index (χ3n) is 4.69. The maximum Gasteiger partial charge on any atom is 0.0847 e. The van der Waals surface area contributed by atoms with Gasteiger partial charge in [-0.05, 0) is 53.6 Å². The van der Waals surface area contributed by atoms with Gasteiger partial charge in [0.25, 0.3) is 0 Å². The summed E-state index contributed by atoms with van der Waals surface area (Å²) in [6, 6.07) is 0.0551. The van der Waals surface area contributed by atoms with Crippen molar-refractivity contribution in [1.29, 1.82) is 0 Å². The summed E-state index contributed by atoms with van der Waals surface area (Å²) in [6.07, 6.45) is 3.34. The molecule has 1 fully saturated rings. The molecule has 1 saturated heterocycles. The Morgan fingerprint density at radius 2 is 1.95 bits per heavy atom. The van der Waals surface area contributed by atoms with Crippen LogP contribution in [0.1, 0.15) is 45.0 Å². The highest BCUT2D eigenvalue weighted by molar-refractivity contribution is 6.31. The van der Waals surface area contributed by atoms with Crippen LogP contribution in [0.3, 0.4) is 0 Å². The van der Waals surface area contributed by atoms with Gasteiger partial charge in [-0.25, -0.2) is 0 Å². The molecular formula is C15H27ClN4. The first kappa shape index (κ1) is 15.8. The standard InChI is InChI=1S/C15H27ClN4/c1-5-20-12(14(16)11(2)18-20)10-13(17)15(3,4)19-8-6-7-9-19/h13H,5-10,17H2,1-4H3. The van der Waals surface area contributed by atoms with Crippen LogP contribution in [-0.4, -0.2) is 39.4 Å². The molecule has 20 heavy (non-hydrogen) atoms. The van der Waals surface area contributed by atoms with E-state index >= 15 is 0 Å². The van der Waals surface area contributed by atoms with Crippen LogP contribution in [0.15, 0.2) is 0 Å². The van der Waals surface area contributed by atoms with E-state index in [0.717, 1.165) is 42.5 Å². The molecule has 1 aromatic heterocycles. The van der Waals surface area contributed by atoms with Gasteiger partial charge in [-0.15, -0.1) is 0 Å². The predicted molar refractivity (Wildman–Crippen MR) is 84.2 cm³/mol. The molecule has 0 radical (unpaired) electrons. The van der Waals surface area contributed by atoms with E-state index in [2.05, 4.69) is 30.8 Å². The first-order chi connectivity index (χ1) is 9.37. The minimum atomic E-state index is -0.00340. The van der Waals surface area contributed by atoms with E-state index in [9.17, 15) is 0 Å². The van der Waals surface area contributed by atoms with Gasteiger partial charge in [0.15, 0.2) is 0 Å². The zero-order valence-electron chi connectivity index (χ0n) is 13.1. The third kappa shape index (κ3) is 2.87. The fraction of sp³-hybridized carbons (Fsp3) is 0.800. The molecule has 4 nitrogen and oxygen atoms in total. The molecule has 0 spiro atoms. The lowest BCUT2D eigenvalue weighted by Crippen LogP contribution is -2.56. The van der Waals surface area contributed by atoms with E-state index in [0.29, 0.717) is 0 Å². The molecule has 2 rings (SSSR count). The topological polar surface area (TPSA) is 47.1 Å². The van der Waals surface area contributed by atoms with Gasteiger partial charge in [0, 0.05) is 24.5 Å². The van der Waals surface area contributed by atoms with Crippen LogP contribution >= 0.6 is 11.6 Å². The molecule has 2 heterocycles. The molecule has 5 heteroatoms. The maximum atomic E-state index is 6.52. The van der Waals surface area contributed by atoms with Gasteiger partial charge in [0.2, 0.25) is 0 Å². The van der Waals surface area contributed by atoms with Crippen molar-refractivity contribution in [2.24, 2.45) is 5.73 Å².